The lowest BCUT2D eigenvalue weighted by Gasteiger charge is -2.48. The van der Waals surface area contributed by atoms with Gasteiger partial charge in [0.15, 0.2) is 0 Å². The van der Waals surface area contributed by atoms with Crippen LogP contribution >= 0.6 is 0 Å². The van der Waals surface area contributed by atoms with Crippen molar-refractivity contribution < 1.29 is 15.0 Å². The van der Waals surface area contributed by atoms with Crippen LogP contribution in [0.3, 0.4) is 0 Å². The van der Waals surface area contributed by atoms with Crippen molar-refractivity contribution in [3.63, 3.8) is 0 Å². The molecule has 0 amide bonds. The molecule has 2 saturated heterocycles. The zero-order valence-corrected chi connectivity index (χ0v) is 32.8. The molecule has 3 N–H and O–H groups in total. The number of carbonyl (C=O) groups is 1. The predicted molar refractivity (Wildman–Crippen MR) is 219 cm³/mol. The van der Waals surface area contributed by atoms with Crippen LogP contribution in [0, 0.1) is 35.5 Å². The Bertz CT molecular complexity index is 1880. The molecule has 6 nitrogen and oxygen atoms in total. The molecule has 4 unspecified atom stereocenters. The zero-order valence-electron chi connectivity index (χ0n) is 32.8. The number of phenols is 2. The Morgan fingerprint density at radius 1 is 0.648 bits per heavy atom. The summed E-state index contributed by atoms with van der Waals surface area (Å²) < 4.78 is 0. The minimum atomic E-state index is 0.363. The number of likely N-dealkylation sites (tertiary alicyclic amines) is 2. The van der Waals surface area contributed by atoms with Crippen LogP contribution in [0.25, 0.3) is 10.9 Å². The van der Waals surface area contributed by atoms with Gasteiger partial charge in [-0.2, -0.15) is 0 Å². The molecular weight excluding hydrogens is 667 g/mol. The van der Waals surface area contributed by atoms with E-state index in [1.807, 2.05) is 38.1 Å². The summed E-state index contributed by atoms with van der Waals surface area (Å²) in [7, 11) is 0. The summed E-state index contributed by atoms with van der Waals surface area (Å²) in [5.41, 5.74) is 6.86. The number of piperidine rings is 2. The van der Waals surface area contributed by atoms with Crippen LogP contribution in [-0.4, -0.2) is 69.0 Å². The number of fused-ring (bicyclic) bond motifs is 5. The number of rotatable bonds is 8. The molecule has 2 aliphatic heterocycles. The minimum absolute atomic E-state index is 0.363. The van der Waals surface area contributed by atoms with E-state index in [0.29, 0.717) is 47.1 Å². The second-order valence-corrected chi connectivity index (χ2v) is 17.5. The van der Waals surface area contributed by atoms with Gasteiger partial charge in [0.05, 0.1) is 0 Å². The summed E-state index contributed by atoms with van der Waals surface area (Å²) in [4.78, 5) is 21.1. The highest BCUT2D eigenvalue weighted by Gasteiger charge is 2.44. The Morgan fingerprint density at radius 2 is 1.22 bits per heavy atom. The van der Waals surface area contributed by atoms with Crippen LogP contribution in [0.1, 0.15) is 94.0 Å². The third-order valence-corrected chi connectivity index (χ3v) is 13.9. The fourth-order valence-electron chi connectivity index (χ4n) is 10.8. The molecule has 0 radical (unpaired) electrons. The molecular formula is C48H63N3O3. The van der Waals surface area contributed by atoms with Crippen LogP contribution in [0.2, 0.25) is 0 Å². The van der Waals surface area contributed by atoms with Crippen molar-refractivity contribution in [3.05, 3.63) is 95.2 Å². The van der Waals surface area contributed by atoms with Crippen molar-refractivity contribution in [1.82, 2.24) is 14.8 Å². The highest BCUT2D eigenvalue weighted by molar-refractivity contribution is 5.85. The lowest BCUT2D eigenvalue weighted by atomic mass is 9.68. The van der Waals surface area contributed by atoms with Crippen molar-refractivity contribution in [2.24, 2.45) is 35.5 Å². The van der Waals surface area contributed by atoms with Crippen LogP contribution in [-0.2, 0) is 30.5 Å². The normalized spacial score (nSPS) is 28.1. The van der Waals surface area contributed by atoms with Gasteiger partial charge < -0.3 is 15.2 Å². The number of aromatic nitrogens is 1. The summed E-state index contributed by atoms with van der Waals surface area (Å²) in [6.07, 6.45) is 15.2. The number of nitrogens with zero attached hydrogens (tertiary/aromatic N) is 2. The van der Waals surface area contributed by atoms with Crippen molar-refractivity contribution >= 4 is 16.7 Å². The number of Topliss-reactive ketones (excluding diaryl/α,β-unsaturated/α-hetero) is 1. The molecule has 10 rings (SSSR count). The van der Waals surface area contributed by atoms with Crippen LogP contribution in [0.4, 0.5) is 0 Å². The van der Waals surface area contributed by atoms with E-state index in [4.69, 9.17) is 0 Å². The molecule has 1 aromatic heterocycles. The molecule has 6 aliphatic rings. The van der Waals surface area contributed by atoms with Gasteiger partial charge in [-0.15, -0.1) is 0 Å². The van der Waals surface area contributed by atoms with Crippen LogP contribution < -0.4 is 0 Å². The van der Waals surface area contributed by atoms with Gasteiger partial charge in [-0.25, -0.2) is 0 Å². The Hall–Kier alpha value is -3.61. The summed E-state index contributed by atoms with van der Waals surface area (Å²) in [5.74, 6) is 5.78. The third kappa shape index (κ3) is 8.60. The second kappa shape index (κ2) is 16.6. The summed E-state index contributed by atoms with van der Waals surface area (Å²) >= 11 is 0. The lowest BCUT2D eigenvalue weighted by molar-refractivity contribution is -0.125. The van der Waals surface area contributed by atoms with E-state index in [9.17, 15) is 15.0 Å². The first-order valence-corrected chi connectivity index (χ1v) is 21.6. The molecule has 0 spiro atoms. The number of carbonyl (C=O) groups excluding carboxylic acids is 1. The molecule has 0 bridgehead atoms. The van der Waals surface area contributed by atoms with Crippen molar-refractivity contribution in [1.29, 1.82) is 0 Å². The average molecular weight is 730 g/mol. The fraction of sp³-hybridized carbons (Fsp3) is 0.562. The van der Waals surface area contributed by atoms with Crippen LogP contribution in [0.5, 0.6) is 11.5 Å². The maximum Gasteiger partial charge on any atom is 0.133 e. The lowest BCUT2D eigenvalue weighted by Crippen LogP contribution is -2.53. The first-order chi connectivity index (χ1) is 26.4. The number of para-hydroxylation sites is 1. The maximum atomic E-state index is 11.9. The van der Waals surface area contributed by atoms with Crippen molar-refractivity contribution in [3.8, 4) is 11.5 Å². The van der Waals surface area contributed by atoms with E-state index in [-0.39, 0.29) is 0 Å². The van der Waals surface area contributed by atoms with Gasteiger partial charge in [0.1, 0.15) is 17.3 Å². The Balaban J connectivity index is 0.000000150. The molecule has 54 heavy (non-hydrogen) atoms. The SMILES string of the molecule is CC.O=C1CCC2C(CCN(CC3CC3)[C@@H]2Cc2cccc(O)c2)C1.Oc1cccc(C[C@@H]2C3Cc4c([nH]c5ccccc45)CC3CCN2CC2CC2)c1. The molecule has 3 aromatic carbocycles. The van der Waals surface area contributed by atoms with E-state index >= 15 is 0 Å². The van der Waals surface area contributed by atoms with Gasteiger partial charge in [0, 0.05) is 54.6 Å². The molecule has 288 valence electrons. The number of hydrogen-bond donors (Lipinski definition) is 3. The van der Waals surface area contributed by atoms with Crippen LogP contribution in [0.15, 0.2) is 72.8 Å². The Morgan fingerprint density at radius 3 is 1.81 bits per heavy atom. The molecule has 5 fully saturated rings. The molecule has 4 aliphatic carbocycles. The quantitative estimate of drug-likeness (QED) is 0.169. The Labute approximate surface area is 323 Å². The fourth-order valence-corrected chi connectivity index (χ4v) is 10.8. The number of H-pyrrole nitrogens is 1. The number of hydrogen-bond acceptors (Lipinski definition) is 5. The highest BCUT2D eigenvalue weighted by atomic mass is 16.3. The van der Waals surface area contributed by atoms with Crippen molar-refractivity contribution in [2.45, 2.75) is 109 Å². The van der Waals surface area contributed by atoms with Crippen molar-refractivity contribution in [2.75, 3.05) is 26.2 Å². The van der Waals surface area contributed by atoms with Gasteiger partial charge >= 0.3 is 0 Å². The zero-order chi connectivity index (χ0) is 37.2. The number of aromatic amines is 1. The number of phenolic OH excluding ortho intramolecular Hbond substituents is 2. The van der Waals surface area contributed by atoms with E-state index in [1.54, 1.807) is 17.7 Å². The summed E-state index contributed by atoms with van der Waals surface area (Å²) in [6, 6.07) is 25.6. The van der Waals surface area contributed by atoms with Gasteiger partial charge in [0.25, 0.3) is 0 Å². The third-order valence-electron chi connectivity index (χ3n) is 13.9. The topological polar surface area (TPSA) is 79.8 Å². The van der Waals surface area contributed by atoms with E-state index < -0.39 is 0 Å². The summed E-state index contributed by atoms with van der Waals surface area (Å²) in [5, 5.41) is 21.2. The molecule has 6 heteroatoms. The standard InChI is InChI=1S/C26H30N2O.C20H27NO2.C2H6/c29-20-5-3-4-18(12-20)13-26-22-15-23-21-6-1-2-7-24(21)27-25(23)14-19(22)10-11-28(26)16-17-8-9-17;22-17-3-1-2-15(10-17)11-20-19-7-6-18(23)12-16(19)8-9-21(20)13-14-4-5-14;1-2/h1-7,12,17,19,22,26-27,29H,8-11,13-16H2;1-3,10,14,16,19-20,22H,4-9,11-13H2;1-2H3/t19?,22?,26-;16?,19?,20-;/m11./s1. The number of nitrogens with one attached hydrogen (secondary N) is 1. The predicted octanol–water partition coefficient (Wildman–Crippen LogP) is 9.36. The van der Waals surface area contributed by atoms with E-state index in [2.05, 4.69) is 51.2 Å². The first-order valence-electron chi connectivity index (χ1n) is 21.6. The largest absolute Gasteiger partial charge is 0.508 e. The van der Waals surface area contributed by atoms with Gasteiger partial charge in [-0.3, -0.25) is 14.6 Å². The second-order valence-electron chi connectivity index (χ2n) is 17.5. The monoisotopic (exact) mass is 729 g/mol. The summed E-state index contributed by atoms with van der Waals surface area (Å²) in [6.45, 7) is 8.89. The number of aromatic hydroxyl groups is 2. The van der Waals surface area contributed by atoms with Gasteiger partial charge in [0.2, 0.25) is 0 Å². The van der Waals surface area contributed by atoms with E-state index in [1.165, 1.54) is 98.7 Å². The average Bonchev–Trinajstić information content (AvgIpc) is 4.13. The van der Waals surface area contributed by atoms with E-state index in [0.717, 1.165) is 56.4 Å². The first kappa shape index (κ1) is 37.3. The molecule has 6 atom stereocenters. The Kier molecular flexibility index (Phi) is 11.5. The highest BCUT2D eigenvalue weighted by Crippen LogP contribution is 2.45. The smallest absolute Gasteiger partial charge is 0.133 e. The molecule has 3 heterocycles. The number of ketones is 1. The number of benzene rings is 3. The molecule has 4 aromatic rings. The van der Waals surface area contributed by atoms with Gasteiger partial charge in [-0.1, -0.05) is 56.3 Å². The minimum Gasteiger partial charge on any atom is -0.508 e. The van der Waals surface area contributed by atoms with Gasteiger partial charge in [-0.05, 0) is 166 Å². The molecule has 3 saturated carbocycles. The maximum absolute atomic E-state index is 11.9.